The highest BCUT2D eigenvalue weighted by Crippen LogP contribution is 2.29. The molecule has 18 heavy (non-hydrogen) atoms. The summed E-state index contributed by atoms with van der Waals surface area (Å²) in [5.41, 5.74) is 9.18. The van der Waals surface area contributed by atoms with Gasteiger partial charge in [0.1, 0.15) is 0 Å². The SMILES string of the molecule is Cc1nnc(CN2CCCc3cc(N)ccc32)o1. The molecule has 1 aliphatic rings. The van der Waals surface area contributed by atoms with Gasteiger partial charge in [0.15, 0.2) is 0 Å². The summed E-state index contributed by atoms with van der Waals surface area (Å²) < 4.78 is 5.44. The predicted molar refractivity (Wildman–Crippen MR) is 69.3 cm³/mol. The van der Waals surface area contributed by atoms with E-state index in [9.17, 15) is 0 Å². The molecule has 1 aliphatic heterocycles. The highest BCUT2D eigenvalue weighted by molar-refractivity contribution is 5.60. The molecule has 5 nitrogen and oxygen atoms in total. The van der Waals surface area contributed by atoms with E-state index in [2.05, 4.69) is 27.2 Å². The number of benzene rings is 1. The second kappa shape index (κ2) is 4.33. The van der Waals surface area contributed by atoms with Crippen molar-refractivity contribution >= 4 is 11.4 Å². The highest BCUT2D eigenvalue weighted by Gasteiger charge is 2.18. The molecule has 3 rings (SSSR count). The van der Waals surface area contributed by atoms with Crippen molar-refractivity contribution < 1.29 is 4.42 Å². The fourth-order valence-corrected chi connectivity index (χ4v) is 2.42. The third kappa shape index (κ3) is 2.03. The molecular formula is C13H16N4O. The largest absolute Gasteiger partial charge is 0.424 e. The van der Waals surface area contributed by atoms with Gasteiger partial charge in [0.25, 0.3) is 0 Å². The molecule has 0 saturated carbocycles. The Morgan fingerprint density at radius 3 is 3.06 bits per heavy atom. The number of aromatic nitrogens is 2. The molecule has 2 N–H and O–H groups in total. The molecule has 0 aliphatic carbocycles. The summed E-state index contributed by atoms with van der Waals surface area (Å²) >= 11 is 0. The lowest BCUT2D eigenvalue weighted by molar-refractivity contribution is 0.459. The number of aryl methyl sites for hydroxylation is 2. The molecule has 0 radical (unpaired) electrons. The Labute approximate surface area is 106 Å². The summed E-state index contributed by atoms with van der Waals surface area (Å²) in [5.74, 6) is 1.27. The van der Waals surface area contributed by atoms with Crippen molar-refractivity contribution in [2.24, 2.45) is 0 Å². The molecule has 0 fully saturated rings. The minimum absolute atomic E-state index is 0.611. The first-order valence-corrected chi connectivity index (χ1v) is 6.15. The van der Waals surface area contributed by atoms with Gasteiger partial charge in [-0.1, -0.05) is 0 Å². The van der Waals surface area contributed by atoms with Gasteiger partial charge in [-0.25, -0.2) is 0 Å². The molecule has 5 heteroatoms. The van der Waals surface area contributed by atoms with E-state index in [1.54, 1.807) is 6.92 Å². The van der Waals surface area contributed by atoms with Crippen molar-refractivity contribution in [1.82, 2.24) is 10.2 Å². The van der Waals surface area contributed by atoms with Gasteiger partial charge in [-0.3, -0.25) is 0 Å². The third-order valence-corrected chi connectivity index (χ3v) is 3.21. The molecule has 1 aromatic heterocycles. The van der Waals surface area contributed by atoms with Gasteiger partial charge in [0.2, 0.25) is 11.8 Å². The van der Waals surface area contributed by atoms with Crippen LogP contribution in [0.3, 0.4) is 0 Å². The minimum Gasteiger partial charge on any atom is -0.424 e. The van der Waals surface area contributed by atoms with Gasteiger partial charge in [-0.15, -0.1) is 10.2 Å². The predicted octanol–water partition coefficient (Wildman–Crippen LogP) is 1.91. The van der Waals surface area contributed by atoms with Crippen LogP contribution in [0.15, 0.2) is 22.6 Å². The minimum atomic E-state index is 0.611. The molecule has 0 bridgehead atoms. The van der Waals surface area contributed by atoms with Crippen LogP contribution < -0.4 is 10.6 Å². The number of rotatable bonds is 2. The lowest BCUT2D eigenvalue weighted by Gasteiger charge is -2.30. The van der Waals surface area contributed by atoms with Crippen molar-refractivity contribution in [3.63, 3.8) is 0 Å². The van der Waals surface area contributed by atoms with Crippen LogP contribution in [-0.4, -0.2) is 16.7 Å². The third-order valence-electron chi connectivity index (χ3n) is 3.21. The van der Waals surface area contributed by atoms with Crippen LogP contribution in [-0.2, 0) is 13.0 Å². The number of hydrogen-bond donors (Lipinski definition) is 1. The summed E-state index contributed by atoms with van der Waals surface area (Å²) in [6, 6.07) is 6.07. The normalized spacial score (nSPS) is 14.6. The van der Waals surface area contributed by atoms with Crippen LogP contribution in [0.1, 0.15) is 23.8 Å². The summed E-state index contributed by atoms with van der Waals surface area (Å²) in [6.07, 6.45) is 2.21. The van der Waals surface area contributed by atoms with Gasteiger partial charge in [-0.05, 0) is 36.6 Å². The summed E-state index contributed by atoms with van der Waals surface area (Å²) in [4.78, 5) is 2.27. The van der Waals surface area contributed by atoms with Crippen LogP contribution in [0, 0.1) is 6.92 Å². The van der Waals surface area contributed by atoms with Crippen molar-refractivity contribution in [3.8, 4) is 0 Å². The van der Waals surface area contributed by atoms with E-state index < -0.39 is 0 Å². The van der Waals surface area contributed by atoms with Crippen molar-refractivity contribution in [2.75, 3.05) is 17.2 Å². The first-order chi connectivity index (χ1) is 8.72. The Balaban J connectivity index is 1.87. The first-order valence-electron chi connectivity index (χ1n) is 6.15. The Morgan fingerprint density at radius 1 is 1.39 bits per heavy atom. The maximum Gasteiger partial charge on any atom is 0.235 e. The Bertz CT molecular complexity index is 564. The van der Waals surface area contributed by atoms with Crippen molar-refractivity contribution in [3.05, 3.63) is 35.5 Å². The number of nitrogens with two attached hydrogens (primary N) is 1. The van der Waals surface area contributed by atoms with Crippen LogP contribution in [0.25, 0.3) is 0 Å². The fourth-order valence-electron chi connectivity index (χ4n) is 2.42. The van der Waals surface area contributed by atoms with E-state index in [-0.39, 0.29) is 0 Å². The van der Waals surface area contributed by atoms with Crippen LogP contribution in [0.2, 0.25) is 0 Å². The lowest BCUT2D eigenvalue weighted by atomic mass is 10.0. The Morgan fingerprint density at radius 2 is 2.28 bits per heavy atom. The zero-order valence-corrected chi connectivity index (χ0v) is 10.4. The maximum absolute atomic E-state index is 5.82. The van der Waals surface area contributed by atoms with Crippen LogP contribution in [0.5, 0.6) is 0 Å². The zero-order valence-electron chi connectivity index (χ0n) is 10.4. The van der Waals surface area contributed by atoms with E-state index >= 15 is 0 Å². The fraction of sp³-hybridized carbons (Fsp3) is 0.385. The molecule has 0 atom stereocenters. The van der Waals surface area contributed by atoms with Crippen LogP contribution in [0.4, 0.5) is 11.4 Å². The van der Waals surface area contributed by atoms with Crippen LogP contribution >= 0.6 is 0 Å². The molecule has 0 spiro atoms. The van der Waals surface area contributed by atoms with Gasteiger partial charge < -0.3 is 15.1 Å². The summed E-state index contributed by atoms with van der Waals surface area (Å²) in [6.45, 7) is 3.48. The van der Waals surface area contributed by atoms with Gasteiger partial charge in [0.05, 0.1) is 6.54 Å². The second-order valence-electron chi connectivity index (χ2n) is 4.63. The first kappa shape index (κ1) is 11.1. The standard InChI is InChI=1S/C13H16N4O/c1-9-15-16-13(18-9)8-17-6-2-3-10-7-11(14)4-5-12(10)17/h4-5,7H,2-3,6,8,14H2,1H3. The molecule has 94 valence electrons. The van der Waals surface area contributed by atoms with Crippen molar-refractivity contribution in [2.45, 2.75) is 26.3 Å². The molecule has 2 aromatic rings. The monoisotopic (exact) mass is 244 g/mol. The molecule has 0 amide bonds. The van der Waals surface area contributed by atoms with E-state index in [0.717, 1.165) is 25.1 Å². The number of fused-ring (bicyclic) bond motifs is 1. The highest BCUT2D eigenvalue weighted by atomic mass is 16.4. The van der Waals surface area contributed by atoms with Gasteiger partial charge >= 0.3 is 0 Å². The Hall–Kier alpha value is -2.04. The van der Waals surface area contributed by atoms with Gasteiger partial charge in [-0.2, -0.15) is 0 Å². The molecular weight excluding hydrogens is 228 g/mol. The maximum atomic E-state index is 5.82. The smallest absolute Gasteiger partial charge is 0.235 e. The van der Waals surface area contributed by atoms with E-state index in [1.165, 1.54) is 11.3 Å². The lowest BCUT2D eigenvalue weighted by Crippen LogP contribution is -2.29. The summed E-state index contributed by atoms with van der Waals surface area (Å²) in [5, 5.41) is 7.91. The number of hydrogen-bond acceptors (Lipinski definition) is 5. The van der Waals surface area contributed by atoms with Crippen molar-refractivity contribution in [1.29, 1.82) is 0 Å². The second-order valence-corrected chi connectivity index (χ2v) is 4.63. The average Bonchev–Trinajstić information content (AvgIpc) is 2.75. The number of anilines is 2. The summed E-state index contributed by atoms with van der Waals surface area (Å²) in [7, 11) is 0. The van der Waals surface area contributed by atoms with E-state index in [1.807, 2.05) is 6.07 Å². The molecule has 1 aromatic carbocycles. The van der Waals surface area contributed by atoms with E-state index in [4.69, 9.17) is 10.2 Å². The van der Waals surface area contributed by atoms with E-state index in [0.29, 0.717) is 18.3 Å². The average molecular weight is 244 g/mol. The number of nitrogens with zero attached hydrogens (tertiary/aromatic N) is 3. The topological polar surface area (TPSA) is 68.2 Å². The molecule has 2 heterocycles. The molecule has 0 saturated heterocycles. The number of nitrogen functional groups attached to an aromatic ring is 1. The quantitative estimate of drug-likeness (QED) is 0.817. The zero-order chi connectivity index (χ0) is 12.5. The van der Waals surface area contributed by atoms with Gasteiger partial charge in [0, 0.05) is 24.8 Å². The molecule has 0 unspecified atom stereocenters. The Kier molecular flexibility index (Phi) is 2.66.